The number of thiazole rings is 1. The molecule has 2 aromatic rings. The highest BCUT2D eigenvalue weighted by Crippen LogP contribution is 2.22. The third kappa shape index (κ3) is 3.09. The van der Waals surface area contributed by atoms with Gasteiger partial charge in [-0.25, -0.2) is 9.37 Å². The van der Waals surface area contributed by atoms with Crippen LogP contribution in [-0.2, 0) is 11.9 Å². The lowest BCUT2D eigenvalue weighted by atomic mass is 10.2. The highest BCUT2D eigenvalue weighted by molar-refractivity contribution is 9.08. The Bertz CT molecular complexity index is 542. The standard InChI is InChI=1S/C13H14BrFN2S/c1-9-16-11(8-18-9)7-17(2)13-4-3-10(6-14)5-12(13)15/h3-5,8H,6-7H2,1-2H3. The van der Waals surface area contributed by atoms with Crippen LogP contribution in [0.1, 0.15) is 16.3 Å². The van der Waals surface area contributed by atoms with E-state index in [1.165, 1.54) is 0 Å². The molecule has 1 aromatic heterocycles. The fourth-order valence-corrected chi connectivity index (χ4v) is 2.70. The topological polar surface area (TPSA) is 16.1 Å². The number of aromatic nitrogens is 1. The average Bonchev–Trinajstić information content (AvgIpc) is 2.74. The maximum absolute atomic E-state index is 13.9. The molecule has 0 aliphatic rings. The third-order valence-corrected chi connectivity index (χ3v) is 4.11. The highest BCUT2D eigenvalue weighted by Gasteiger charge is 2.10. The molecule has 0 unspecified atom stereocenters. The van der Waals surface area contributed by atoms with Crippen LogP contribution < -0.4 is 4.90 Å². The molecule has 0 saturated carbocycles. The lowest BCUT2D eigenvalue weighted by molar-refractivity contribution is 0.620. The minimum Gasteiger partial charge on any atom is -0.366 e. The fraction of sp³-hybridized carbons (Fsp3) is 0.308. The number of halogens is 2. The number of benzene rings is 1. The molecule has 0 N–H and O–H groups in total. The Labute approximate surface area is 119 Å². The number of nitrogens with zero attached hydrogens (tertiary/aromatic N) is 2. The lowest BCUT2D eigenvalue weighted by Gasteiger charge is -2.19. The molecule has 0 radical (unpaired) electrons. The minimum absolute atomic E-state index is 0.193. The van der Waals surface area contributed by atoms with E-state index in [2.05, 4.69) is 20.9 Å². The Morgan fingerprint density at radius 2 is 2.22 bits per heavy atom. The Balaban J connectivity index is 2.15. The maximum Gasteiger partial charge on any atom is 0.146 e. The largest absolute Gasteiger partial charge is 0.366 e. The van der Waals surface area contributed by atoms with E-state index < -0.39 is 0 Å². The minimum atomic E-state index is -0.193. The number of anilines is 1. The van der Waals surface area contributed by atoms with E-state index in [0.717, 1.165) is 16.3 Å². The van der Waals surface area contributed by atoms with Gasteiger partial charge in [0.25, 0.3) is 0 Å². The molecular weight excluding hydrogens is 315 g/mol. The molecule has 0 bridgehead atoms. The summed E-state index contributed by atoms with van der Waals surface area (Å²) in [5, 5.41) is 3.71. The number of alkyl halides is 1. The first kappa shape index (κ1) is 13.5. The molecule has 0 amide bonds. The van der Waals surface area contributed by atoms with Gasteiger partial charge in [-0.15, -0.1) is 11.3 Å². The zero-order valence-electron chi connectivity index (χ0n) is 10.3. The van der Waals surface area contributed by atoms with Gasteiger partial charge in [-0.3, -0.25) is 0 Å². The molecule has 0 atom stereocenters. The van der Waals surface area contributed by atoms with Crippen molar-refractivity contribution in [1.82, 2.24) is 4.98 Å². The molecular formula is C13H14BrFN2S. The van der Waals surface area contributed by atoms with Crippen molar-refractivity contribution in [2.75, 3.05) is 11.9 Å². The molecule has 0 aliphatic heterocycles. The van der Waals surface area contributed by atoms with Crippen LogP contribution in [0.2, 0.25) is 0 Å². The molecule has 18 heavy (non-hydrogen) atoms. The number of hydrogen-bond acceptors (Lipinski definition) is 3. The normalized spacial score (nSPS) is 10.7. The van der Waals surface area contributed by atoms with Crippen molar-refractivity contribution < 1.29 is 4.39 Å². The van der Waals surface area contributed by atoms with Crippen LogP contribution in [0.15, 0.2) is 23.6 Å². The van der Waals surface area contributed by atoms with E-state index in [1.54, 1.807) is 17.4 Å². The smallest absolute Gasteiger partial charge is 0.146 e. The van der Waals surface area contributed by atoms with Crippen LogP contribution in [0.3, 0.4) is 0 Å². The van der Waals surface area contributed by atoms with Crippen LogP contribution in [0.25, 0.3) is 0 Å². The lowest BCUT2D eigenvalue weighted by Crippen LogP contribution is -2.18. The Kier molecular flexibility index (Phi) is 4.35. The van der Waals surface area contributed by atoms with E-state index in [4.69, 9.17) is 0 Å². The van der Waals surface area contributed by atoms with Gasteiger partial charge in [-0.2, -0.15) is 0 Å². The summed E-state index contributed by atoms with van der Waals surface area (Å²) < 4.78 is 13.9. The van der Waals surface area contributed by atoms with E-state index in [1.807, 2.05) is 36.4 Å². The molecule has 2 rings (SSSR count). The highest BCUT2D eigenvalue weighted by atomic mass is 79.9. The van der Waals surface area contributed by atoms with E-state index in [9.17, 15) is 4.39 Å². The first-order valence-electron chi connectivity index (χ1n) is 5.56. The SMILES string of the molecule is Cc1nc(CN(C)c2ccc(CBr)cc2F)cs1. The second kappa shape index (κ2) is 5.80. The van der Waals surface area contributed by atoms with Crippen molar-refractivity contribution in [3.05, 3.63) is 45.7 Å². The molecule has 0 fully saturated rings. The summed E-state index contributed by atoms with van der Waals surface area (Å²) >= 11 is 4.94. The predicted octanol–water partition coefficient (Wildman–Crippen LogP) is 4.12. The summed E-state index contributed by atoms with van der Waals surface area (Å²) in [6.45, 7) is 2.59. The van der Waals surface area contributed by atoms with Crippen molar-refractivity contribution in [2.45, 2.75) is 18.8 Å². The van der Waals surface area contributed by atoms with Crippen LogP contribution in [0.5, 0.6) is 0 Å². The third-order valence-electron chi connectivity index (χ3n) is 2.64. The number of rotatable bonds is 4. The summed E-state index contributed by atoms with van der Waals surface area (Å²) in [7, 11) is 1.88. The maximum atomic E-state index is 13.9. The van der Waals surface area contributed by atoms with Crippen LogP contribution in [-0.4, -0.2) is 12.0 Å². The zero-order valence-corrected chi connectivity index (χ0v) is 12.7. The molecule has 96 valence electrons. The second-order valence-electron chi connectivity index (χ2n) is 4.13. The molecule has 1 heterocycles. The van der Waals surface area contributed by atoms with Gasteiger partial charge in [-0.1, -0.05) is 22.0 Å². The zero-order chi connectivity index (χ0) is 13.1. The Morgan fingerprint density at radius 3 is 2.78 bits per heavy atom. The summed E-state index contributed by atoms with van der Waals surface area (Å²) in [6, 6.07) is 5.30. The molecule has 0 aliphatic carbocycles. The Hall–Kier alpha value is -0.940. The number of aryl methyl sites for hydroxylation is 1. The summed E-state index contributed by atoms with van der Waals surface area (Å²) in [6.07, 6.45) is 0. The monoisotopic (exact) mass is 328 g/mol. The van der Waals surface area contributed by atoms with E-state index in [-0.39, 0.29) is 5.82 Å². The van der Waals surface area contributed by atoms with E-state index in [0.29, 0.717) is 17.6 Å². The quantitative estimate of drug-likeness (QED) is 0.785. The summed E-state index contributed by atoms with van der Waals surface area (Å²) in [4.78, 5) is 6.26. The van der Waals surface area contributed by atoms with Gasteiger partial charge in [-0.05, 0) is 24.6 Å². The first-order chi connectivity index (χ1) is 8.60. The van der Waals surface area contributed by atoms with E-state index >= 15 is 0 Å². The van der Waals surface area contributed by atoms with Crippen molar-refractivity contribution >= 4 is 33.0 Å². The van der Waals surface area contributed by atoms with Crippen LogP contribution >= 0.6 is 27.3 Å². The van der Waals surface area contributed by atoms with Crippen molar-refractivity contribution in [1.29, 1.82) is 0 Å². The predicted molar refractivity (Wildman–Crippen MR) is 78.0 cm³/mol. The van der Waals surface area contributed by atoms with Gasteiger partial charge < -0.3 is 4.90 Å². The first-order valence-corrected chi connectivity index (χ1v) is 7.57. The average molecular weight is 329 g/mol. The summed E-state index contributed by atoms with van der Waals surface area (Å²) in [5.41, 5.74) is 2.52. The van der Waals surface area contributed by atoms with Crippen molar-refractivity contribution in [3.63, 3.8) is 0 Å². The van der Waals surface area contributed by atoms with Crippen LogP contribution in [0.4, 0.5) is 10.1 Å². The molecule has 5 heteroatoms. The van der Waals surface area contributed by atoms with Crippen molar-refractivity contribution in [2.24, 2.45) is 0 Å². The van der Waals surface area contributed by atoms with Gasteiger partial charge in [0.15, 0.2) is 0 Å². The molecule has 0 saturated heterocycles. The number of hydrogen-bond donors (Lipinski definition) is 0. The summed E-state index contributed by atoms with van der Waals surface area (Å²) in [5.74, 6) is -0.193. The van der Waals surface area contributed by atoms with Gasteiger partial charge in [0, 0.05) is 17.8 Å². The van der Waals surface area contributed by atoms with Crippen molar-refractivity contribution in [3.8, 4) is 0 Å². The van der Waals surface area contributed by atoms with Gasteiger partial charge >= 0.3 is 0 Å². The fourth-order valence-electron chi connectivity index (χ4n) is 1.75. The van der Waals surface area contributed by atoms with Crippen LogP contribution in [0, 0.1) is 12.7 Å². The van der Waals surface area contributed by atoms with Gasteiger partial charge in [0.1, 0.15) is 5.82 Å². The van der Waals surface area contributed by atoms with Gasteiger partial charge in [0.05, 0.1) is 22.9 Å². The second-order valence-corrected chi connectivity index (χ2v) is 5.76. The van der Waals surface area contributed by atoms with Gasteiger partial charge in [0.2, 0.25) is 0 Å². The molecule has 1 aromatic carbocycles. The molecule has 0 spiro atoms. The Morgan fingerprint density at radius 1 is 1.44 bits per heavy atom. The molecule has 2 nitrogen and oxygen atoms in total.